The van der Waals surface area contributed by atoms with Crippen LogP contribution in [0.5, 0.6) is 0 Å². The molecule has 32 heavy (non-hydrogen) atoms. The summed E-state index contributed by atoms with van der Waals surface area (Å²) in [6.45, 7) is 7.23. The maximum Gasteiger partial charge on any atom is 0.316 e. The lowest BCUT2D eigenvalue weighted by Gasteiger charge is -2.25. The molecule has 1 N–H and O–H groups in total. The quantitative estimate of drug-likeness (QED) is 0.628. The molecular formula is C22H24N4O5S. The van der Waals surface area contributed by atoms with E-state index in [4.69, 9.17) is 9.26 Å². The number of ether oxygens (including phenoxy) is 1. The smallest absolute Gasteiger partial charge is 0.316 e. The van der Waals surface area contributed by atoms with Gasteiger partial charge in [0.2, 0.25) is 5.82 Å². The summed E-state index contributed by atoms with van der Waals surface area (Å²) in [5.41, 5.74) is 3.21. The fourth-order valence-electron chi connectivity index (χ4n) is 3.52. The largest absolute Gasteiger partial charge is 0.378 e. The molecule has 168 valence electrons. The molecule has 0 radical (unpaired) electrons. The molecule has 0 saturated carbocycles. The van der Waals surface area contributed by atoms with Gasteiger partial charge in [-0.3, -0.25) is 9.52 Å². The van der Waals surface area contributed by atoms with E-state index in [1.807, 2.05) is 32.0 Å². The van der Waals surface area contributed by atoms with Gasteiger partial charge in [0.25, 0.3) is 10.0 Å². The molecule has 10 heteroatoms. The number of para-hydroxylation sites is 1. The molecule has 0 spiro atoms. The minimum atomic E-state index is -3.87. The summed E-state index contributed by atoms with van der Waals surface area (Å²) in [5.74, 6) is -0.366. The van der Waals surface area contributed by atoms with Gasteiger partial charge in [-0.1, -0.05) is 35.5 Å². The highest BCUT2D eigenvalue weighted by Gasteiger charge is 2.25. The van der Waals surface area contributed by atoms with Crippen LogP contribution in [0.15, 0.2) is 45.8 Å². The lowest BCUT2D eigenvalue weighted by atomic mass is 10.1. The maximum atomic E-state index is 13.2. The standard InChI is InChI=1S/C22H24N4O5S/c1-14-7-8-17(20-23-21(31-24-20)22(27)26-9-11-30-12-10-26)13-18(14)32(28,29)25-19-15(2)5-4-6-16(19)3/h4-8,13,25H,9-12H2,1-3H3. The average molecular weight is 457 g/mol. The van der Waals surface area contributed by atoms with E-state index in [9.17, 15) is 13.2 Å². The second-order valence-electron chi connectivity index (χ2n) is 7.68. The van der Waals surface area contributed by atoms with Crippen molar-refractivity contribution >= 4 is 21.6 Å². The van der Waals surface area contributed by atoms with Crippen molar-refractivity contribution in [1.82, 2.24) is 15.0 Å². The zero-order valence-corrected chi connectivity index (χ0v) is 18.9. The third kappa shape index (κ3) is 4.37. The third-order valence-corrected chi connectivity index (χ3v) is 6.85. The van der Waals surface area contributed by atoms with Crippen LogP contribution in [0, 0.1) is 20.8 Å². The van der Waals surface area contributed by atoms with E-state index in [0.29, 0.717) is 43.1 Å². The van der Waals surface area contributed by atoms with Gasteiger partial charge in [0.05, 0.1) is 23.8 Å². The molecule has 9 nitrogen and oxygen atoms in total. The molecule has 4 rings (SSSR count). The van der Waals surface area contributed by atoms with Crippen molar-refractivity contribution in [2.45, 2.75) is 25.7 Å². The van der Waals surface area contributed by atoms with Crippen LogP contribution in [-0.2, 0) is 14.8 Å². The number of aryl methyl sites for hydroxylation is 3. The Labute approximate surface area is 186 Å². The van der Waals surface area contributed by atoms with E-state index in [0.717, 1.165) is 11.1 Å². The van der Waals surface area contributed by atoms with Gasteiger partial charge < -0.3 is 14.2 Å². The first kappa shape index (κ1) is 22.0. The summed E-state index contributed by atoms with van der Waals surface area (Å²) in [7, 11) is -3.87. The zero-order chi connectivity index (χ0) is 22.9. The van der Waals surface area contributed by atoms with Crippen molar-refractivity contribution in [2.75, 3.05) is 31.0 Å². The first-order valence-electron chi connectivity index (χ1n) is 10.2. The van der Waals surface area contributed by atoms with E-state index in [1.165, 1.54) is 6.07 Å². The molecule has 1 aliphatic heterocycles. The van der Waals surface area contributed by atoms with Gasteiger partial charge in [0.15, 0.2) is 0 Å². The monoisotopic (exact) mass is 456 g/mol. The van der Waals surface area contributed by atoms with Gasteiger partial charge in [0, 0.05) is 18.7 Å². The second-order valence-corrected chi connectivity index (χ2v) is 9.33. The van der Waals surface area contributed by atoms with Crippen molar-refractivity contribution in [1.29, 1.82) is 0 Å². The molecular weight excluding hydrogens is 432 g/mol. The number of hydrogen-bond acceptors (Lipinski definition) is 7. The Balaban J connectivity index is 1.63. The Morgan fingerprint density at radius 3 is 2.41 bits per heavy atom. The number of morpholine rings is 1. The molecule has 0 unspecified atom stereocenters. The molecule has 2 heterocycles. The minimum absolute atomic E-state index is 0.100. The molecule has 1 amide bonds. The summed E-state index contributed by atoms with van der Waals surface area (Å²) in [6.07, 6.45) is 0. The molecule has 1 fully saturated rings. The van der Waals surface area contributed by atoms with Gasteiger partial charge in [-0.15, -0.1) is 0 Å². The number of carbonyl (C=O) groups is 1. The fourth-order valence-corrected chi connectivity index (χ4v) is 5.00. The lowest BCUT2D eigenvalue weighted by molar-refractivity contribution is 0.0272. The number of amides is 1. The molecule has 1 aliphatic rings. The Morgan fingerprint density at radius 1 is 1.03 bits per heavy atom. The number of benzene rings is 2. The SMILES string of the molecule is Cc1ccc(-c2noc(C(=O)N3CCOCC3)n2)cc1S(=O)(=O)Nc1c(C)cccc1C. The van der Waals surface area contributed by atoms with Crippen molar-refractivity contribution < 1.29 is 22.5 Å². The summed E-state index contributed by atoms with van der Waals surface area (Å²) in [4.78, 5) is 18.4. The van der Waals surface area contributed by atoms with Gasteiger partial charge >= 0.3 is 11.8 Å². The number of nitrogens with zero attached hydrogens (tertiary/aromatic N) is 3. The van der Waals surface area contributed by atoms with E-state index in [-0.39, 0.29) is 22.5 Å². The van der Waals surface area contributed by atoms with Crippen LogP contribution in [-0.4, -0.2) is 55.7 Å². The zero-order valence-electron chi connectivity index (χ0n) is 18.1. The number of sulfonamides is 1. The Kier molecular flexibility index (Phi) is 5.98. The number of carbonyl (C=O) groups excluding carboxylic acids is 1. The Bertz CT molecular complexity index is 1240. The molecule has 0 bridgehead atoms. The van der Waals surface area contributed by atoms with E-state index >= 15 is 0 Å². The highest BCUT2D eigenvalue weighted by Crippen LogP contribution is 2.28. The number of nitrogens with one attached hydrogen (secondary N) is 1. The highest BCUT2D eigenvalue weighted by molar-refractivity contribution is 7.92. The Morgan fingerprint density at radius 2 is 1.72 bits per heavy atom. The van der Waals surface area contributed by atoms with Gasteiger partial charge in [0.1, 0.15) is 0 Å². The van der Waals surface area contributed by atoms with E-state index < -0.39 is 10.0 Å². The van der Waals surface area contributed by atoms with Crippen LogP contribution in [0.1, 0.15) is 27.4 Å². The van der Waals surface area contributed by atoms with Crippen LogP contribution in [0.4, 0.5) is 5.69 Å². The van der Waals surface area contributed by atoms with E-state index in [1.54, 1.807) is 24.0 Å². The molecule has 0 atom stereocenters. The van der Waals surface area contributed by atoms with Crippen molar-refractivity contribution in [3.05, 3.63) is 59.0 Å². The summed E-state index contributed by atoms with van der Waals surface area (Å²) >= 11 is 0. The first-order valence-corrected chi connectivity index (χ1v) is 11.7. The minimum Gasteiger partial charge on any atom is -0.378 e. The first-order chi connectivity index (χ1) is 15.3. The van der Waals surface area contributed by atoms with Crippen LogP contribution >= 0.6 is 0 Å². The maximum absolute atomic E-state index is 13.2. The lowest BCUT2D eigenvalue weighted by Crippen LogP contribution is -2.40. The topological polar surface area (TPSA) is 115 Å². The van der Waals surface area contributed by atoms with Crippen LogP contribution in [0.2, 0.25) is 0 Å². The molecule has 1 aromatic heterocycles. The number of rotatable bonds is 5. The second kappa shape index (κ2) is 8.71. The van der Waals surface area contributed by atoms with Crippen molar-refractivity contribution in [3.8, 4) is 11.4 Å². The average Bonchev–Trinajstić information content (AvgIpc) is 3.27. The van der Waals surface area contributed by atoms with Crippen molar-refractivity contribution in [2.24, 2.45) is 0 Å². The van der Waals surface area contributed by atoms with Gasteiger partial charge in [-0.25, -0.2) is 8.42 Å². The van der Waals surface area contributed by atoms with Gasteiger partial charge in [-0.05, 0) is 43.5 Å². The molecule has 1 saturated heterocycles. The number of anilines is 1. The molecule has 2 aromatic carbocycles. The summed E-state index contributed by atoms with van der Waals surface area (Å²) in [5, 5.41) is 3.89. The van der Waals surface area contributed by atoms with E-state index in [2.05, 4.69) is 14.9 Å². The summed E-state index contributed by atoms with van der Waals surface area (Å²) < 4.78 is 39.5. The normalized spacial score (nSPS) is 14.4. The van der Waals surface area contributed by atoms with Crippen LogP contribution in [0.25, 0.3) is 11.4 Å². The predicted octanol–water partition coefficient (Wildman–Crippen LogP) is 2.94. The number of hydrogen-bond donors (Lipinski definition) is 1. The fraction of sp³-hybridized carbons (Fsp3) is 0.318. The number of aromatic nitrogens is 2. The van der Waals surface area contributed by atoms with Crippen LogP contribution in [0.3, 0.4) is 0 Å². The summed E-state index contributed by atoms with van der Waals surface area (Å²) in [6, 6.07) is 10.4. The molecule has 0 aliphatic carbocycles. The van der Waals surface area contributed by atoms with Crippen LogP contribution < -0.4 is 4.72 Å². The molecule has 3 aromatic rings. The van der Waals surface area contributed by atoms with Gasteiger partial charge in [-0.2, -0.15) is 4.98 Å². The third-order valence-electron chi connectivity index (χ3n) is 5.36. The Hall–Kier alpha value is -3.24. The predicted molar refractivity (Wildman–Crippen MR) is 118 cm³/mol. The van der Waals surface area contributed by atoms with Crippen molar-refractivity contribution in [3.63, 3.8) is 0 Å². The highest BCUT2D eigenvalue weighted by atomic mass is 32.2.